The minimum atomic E-state index is -0.0357. The molecule has 19 heavy (non-hydrogen) atoms. The van der Waals surface area contributed by atoms with Gasteiger partial charge in [-0.15, -0.1) is 0 Å². The van der Waals surface area contributed by atoms with Gasteiger partial charge in [0.2, 0.25) is 0 Å². The van der Waals surface area contributed by atoms with Gasteiger partial charge in [0.25, 0.3) is 0 Å². The Balaban J connectivity index is 2.44. The normalized spacial score (nSPS) is 13.3. The summed E-state index contributed by atoms with van der Waals surface area (Å²) in [6, 6.07) is 4.87. The highest BCUT2D eigenvalue weighted by Gasteiger charge is 2.12. The maximum atomic E-state index is 5.76. The van der Waals surface area contributed by atoms with E-state index in [0.717, 1.165) is 18.0 Å². The van der Waals surface area contributed by atoms with Crippen LogP contribution in [-0.2, 0) is 0 Å². The van der Waals surface area contributed by atoms with Crippen LogP contribution in [0.1, 0.15) is 46.4 Å². The lowest BCUT2D eigenvalue weighted by Crippen LogP contribution is -2.39. The van der Waals surface area contributed by atoms with Crippen molar-refractivity contribution < 1.29 is 4.74 Å². The Morgan fingerprint density at radius 1 is 1.16 bits per heavy atom. The highest BCUT2D eigenvalue weighted by atomic mass is 16.5. The molecule has 0 aliphatic carbocycles. The van der Waals surface area contributed by atoms with Crippen molar-refractivity contribution in [2.45, 2.75) is 52.7 Å². The summed E-state index contributed by atoms with van der Waals surface area (Å²) < 4.78 is 5.73. The summed E-state index contributed by atoms with van der Waals surface area (Å²) in [5.74, 6) is 0.803. The molecule has 0 saturated carbocycles. The lowest BCUT2D eigenvalue weighted by molar-refractivity contribution is 0.142. The van der Waals surface area contributed by atoms with Gasteiger partial charge in [-0.05, 0) is 46.8 Å². The fourth-order valence-corrected chi connectivity index (χ4v) is 2.13. The second-order valence-corrected chi connectivity index (χ2v) is 5.48. The molecular weight excluding hydrogens is 238 g/mol. The summed E-state index contributed by atoms with van der Waals surface area (Å²) in [4.78, 5) is 6.69. The Labute approximate surface area is 117 Å². The first kappa shape index (κ1) is 15.9. The zero-order valence-corrected chi connectivity index (χ0v) is 12.8. The number of nitrogens with two attached hydrogens (primary N) is 1. The molecule has 0 aliphatic heterocycles. The van der Waals surface area contributed by atoms with Crippen LogP contribution in [0.5, 0.6) is 5.75 Å². The number of aromatic nitrogens is 1. The van der Waals surface area contributed by atoms with E-state index in [1.807, 2.05) is 19.1 Å². The minimum Gasteiger partial charge on any atom is -0.491 e. The molecule has 2 N–H and O–H groups in total. The predicted octanol–water partition coefficient (Wildman–Crippen LogP) is 2.60. The van der Waals surface area contributed by atoms with E-state index >= 15 is 0 Å². The lowest BCUT2D eigenvalue weighted by Gasteiger charge is -2.30. The number of pyridine rings is 1. The Morgan fingerprint density at radius 2 is 1.79 bits per heavy atom. The minimum absolute atomic E-state index is 0.0357. The zero-order valence-electron chi connectivity index (χ0n) is 12.8. The van der Waals surface area contributed by atoms with Crippen LogP contribution in [0.25, 0.3) is 0 Å². The number of hydrogen-bond acceptors (Lipinski definition) is 4. The van der Waals surface area contributed by atoms with Crippen LogP contribution in [0.2, 0.25) is 0 Å². The van der Waals surface area contributed by atoms with Crippen molar-refractivity contribution in [3.63, 3.8) is 0 Å². The third-order valence-electron chi connectivity index (χ3n) is 3.17. The van der Waals surface area contributed by atoms with E-state index in [1.54, 1.807) is 6.20 Å². The first-order valence-corrected chi connectivity index (χ1v) is 7.02. The van der Waals surface area contributed by atoms with Crippen molar-refractivity contribution in [3.05, 3.63) is 24.0 Å². The number of ether oxygens (including phenoxy) is 1. The molecule has 0 aromatic carbocycles. The molecule has 0 bridgehead atoms. The Morgan fingerprint density at radius 3 is 2.21 bits per heavy atom. The topological polar surface area (TPSA) is 51.4 Å². The van der Waals surface area contributed by atoms with Gasteiger partial charge in [0.1, 0.15) is 12.4 Å². The predicted molar refractivity (Wildman–Crippen MR) is 79.3 cm³/mol. The van der Waals surface area contributed by atoms with Crippen molar-refractivity contribution in [1.82, 2.24) is 9.88 Å². The summed E-state index contributed by atoms with van der Waals surface area (Å²) >= 11 is 0. The van der Waals surface area contributed by atoms with Gasteiger partial charge in [0.15, 0.2) is 0 Å². The molecule has 0 amide bonds. The van der Waals surface area contributed by atoms with E-state index in [1.165, 1.54) is 0 Å². The lowest BCUT2D eigenvalue weighted by atomic mass is 10.2. The number of hydrogen-bond donors (Lipinski definition) is 1. The van der Waals surface area contributed by atoms with Crippen molar-refractivity contribution in [1.29, 1.82) is 0 Å². The van der Waals surface area contributed by atoms with Gasteiger partial charge in [-0.1, -0.05) is 0 Å². The van der Waals surface area contributed by atoms with Gasteiger partial charge in [0, 0.05) is 24.7 Å². The van der Waals surface area contributed by atoms with E-state index in [0.29, 0.717) is 18.7 Å². The summed E-state index contributed by atoms with van der Waals surface area (Å²) in [7, 11) is 0. The van der Waals surface area contributed by atoms with Crippen LogP contribution in [-0.4, -0.2) is 35.1 Å². The fraction of sp³-hybridized carbons (Fsp3) is 0.667. The third kappa shape index (κ3) is 5.17. The second-order valence-electron chi connectivity index (χ2n) is 5.48. The van der Waals surface area contributed by atoms with Crippen molar-refractivity contribution in [2.75, 3.05) is 13.2 Å². The molecule has 4 nitrogen and oxygen atoms in total. The molecular formula is C15H27N3O. The van der Waals surface area contributed by atoms with Gasteiger partial charge in [0.05, 0.1) is 11.9 Å². The number of rotatable bonds is 7. The van der Waals surface area contributed by atoms with Crippen LogP contribution < -0.4 is 10.5 Å². The van der Waals surface area contributed by atoms with E-state index in [4.69, 9.17) is 10.5 Å². The standard InChI is InChI=1S/C15H27N3O/c1-11(2)18(12(3)4)8-9-19-14-6-7-15(13(5)16)17-10-14/h6-7,10-13H,8-9,16H2,1-5H3/t13-/m1/s1. The Kier molecular flexibility index (Phi) is 6.25. The van der Waals surface area contributed by atoms with Crippen molar-refractivity contribution >= 4 is 0 Å². The van der Waals surface area contributed by atoms with Gasteiger partial charge < -0.3 is 10.5 Å². The number of nitrogens with zero attached hydrogens (tertiary/aromatic N) is 2. The first-order chi connectivity index (χ1) is 8.91. The molecule has 1 heterocycles. The molecule has 1 aromatic rings. The molecule has 1 atom stereocenters. The van der Waals surface area contributed by atoms with Gasteiger partial charge in [-0.2, -0.15) is 0 Å². The quantitative estimate of drug-likeness (QED) is 0.823. The van der Waals surface area contributed by atoms with Gasteiger partial charge in [-0.25, -0.2) is 0 Å². The van der Waals surface area contributed by atoms with Gasteiger partial charge >= 0.3 is 0 Å². The van der Waals surface area contributed by atoms with E-state index < -0.39 is 0 Å². The van der Waals surface area contributed by atoms with Crippen LogP contribution in [0.15, 0.2) is 18.3 Å². The monoisotopic (exact) mass is 265 g/mol. The molecule has 0 saturated heterocycles. The average Bonchev–Trinajstić information content (AvgIpc) is 2.34. The highest BCUT2D eigenvalue weighted by molar-refractivity contribution is 5.21. The first-order valence-electron chi connectivity index (χ1n) is 7.02. The summed E-state index contributed by atoms with van der Waals surface area (Å²) in [5.41, 5.74) is 6.65. The molecule has 0 aliphatic rings. The van der Waals surface area contributed by atoms with Gasteiger partial charge in [-0.3, -0.25) is 9.88 Å². The molecule has 0 fully saturated rings. The fourth-order valence-electron chi connectivity index (χ4n) is 2.13. The summed E-state index contributed by atoms with van der Waals surface area (Å²) in [6.07, 6.45) is 1.74. The highest BCUT2D eigenvalue weighted by Crippen LogP contribution is 2.13. The average molecular weight is 265 g/mol. The zero-order chi connectivity index (χ0) is 14.4. The van der Waals surface area contributed by atoms with Crippen molar-refractivity contribution in [3.8, 4) is 5.75 Å². The van der Waals surface area contributed by atoms with Crippen LogP contribution in [0.3, 0.4) is 0 Å². The molecule has 0 spiro atoms. The van der Waals surface area contributed by atoms with E-state index in [-0.39, 0.29) is 6.04 Å². The molecule has 1 aromatic heterocycles. The summed E-state index contributed by atoms with van der Waals surface area (Å²) in [5, 5.41) is 0. The van der Waals surface area contributed by atoms with E-state index in [9.17, 15) is 0 Å². The molecule has 0 unspecified atom stereocenters. The summed E-state index contributed by atoms with van der Waals surface area (Å²) in [6.45, 7) is 12.3. The van der Waals surface area contributed by atoms with Crippen molar-refractivity contribution in [2.24, 2.45) is 5.73 Å². The molecule has 0 radical (unpaired) electrons. The molecule has 1 rings (SSSR count). The maximum absolute atomic E-state index is 5.76. The second kappa shape index (κ2) is 7.46. The SMILES string of the molecule is CC(C)N(CCOc1ccc([C@@H](C)N)nc1)C(C)C. The smallest absolute Gasteiger partial charge is 0.137 e. The maximum Gasteiger partial charge on any atom is 0.137 e. The van der Waals surface area contributed by atoms with E-state index in [2.05, 4.69) is 37.6 Å². The largest absolute Gasteiger partial charge is 0.491 e. The van der Waals surface area contributed by atoms with Crippen LogP contribution in [0.4, 0.5) is 0 Å². The molecule has 4 heteroatoms. The Hall–Kier alpha value is -1.13. The third-order valence-corrected chi connectivity index (χ3v) is 3.17. The van der Waals surface area contributed by atoms with Crippen LogP contribution >= 0.6 is 0 Å². The van der Waals surface area contributed by atoms with Crippen LogP contribution in [0, 0.1) is 0 Å². The Bertz CT molecular complexity index is 352. The molecule has 108 valence electrons.